The van der Waals surface area contributed by atoms with Crippen LogP contribution in [0.3, 0.4) is 0 Å². The van der Waals surface area contributed by atoms with Crippen LogP contribution in [-0.4, -0.2) is 42.2 Å². The number of fused-ring (bicyclic) bond motifs is 1. The van der Waals surface area contributed by atoms with Gasteiger partial charge in [-0.15, -0.1) is 0 Å². The molecule has 1 saturated heterocycles. The van der Waals surface area contributed by atoms with Crippen molar-refractivity contribution in [3.05, 3.63) is 34.9 Å². The summed E-state index contributed by atoms with van der Waals surface area (Å²) in [7, 11) is 0. The van der Waals surface area contributed by atoms with E-state index < -0.39 is 5.97 Å². The van der Waals surface area contributed by atoms with E-state index in [9.17, 15) is 4.79 Å². The number of carbonyl (C=O) groups is 1. The first-order valence-corrected chi connectivity index (χ1v) is 8.48. The first kappa shape index (κ1) is 16.1. The van der Waals surface area contributed by atoms with Crippen molar-refractivity contribution in [2.24, 2.45) is 11.8 Å². The average molecular weight is 315 g/mol. The highest BCUT2D eigenvalue weighted by molar-refractivity contribution is 5.71. The number of carboxylic acid groups (broad SMARTS) is 1. The summed E-state index contributed by atoms with van der Waals surface area (Å²) in [5.74, 6) is 0.603. The highest BCUT2D eigenvalue weighted by Crippen LogP contribution is 2.32. The van der Waals surface area contributed by atoms with Crippen LogP contribution in [0.25, 0.3) is 6.08 Å². The minimum absolute atomic E-state index is 0.181. The molecule has 2 aliphatic rings. The second-order valence-electron chi connectivity index (χ2n) is 6.76. The minimum atomic E-state index is -0.670. The molecule has 1 fully saturated rings. The molecule has 1 N–H and O–H groups in total. The molecule has 1 aliphatic carbocycles. The van der Waals surface area contributed by atoms with Gasteiger partial charge in [0.25, 0.3) is 0 Å². The van der Waals surface area contributed by atoms with Gasteiger partial charge in [-0.05, 0) is 42.0 Å². The molecule has 0 unspecified atom stereocenters. The second-order valence-corrected chi connectivity index (χ2v) is 6.76. The molecule has 1 aliphatic heterocycles. The maximum absolute atomic E-state index is 10.9. The van der Waals surface area contributed by atoms with E-state index in [1.807, 2.05) is 6.07 Å². The fraction of sp³-hybridized carbons (Fsp3) is 0.526. The number of aliphatic carboxylic acids is 1. The van der Waals surface area contributed by atoms with Gasteiger partial charge in [-0.1, -0.05) is 31.6 Å². The average Bonchev–Trinajstić information content (AvgIpc) is 2.48. The summed E-state index contributed by atoms with van der Waals surface area (Å²) in [6.07, 6.45) is 4.33. The topological polar surface area (TPSA) is 49.8 Å². The zero-order valence-corrected chi connectivity index (χ0v) is 13.9. The van der Waals surface area contributed by atoms with E-state index in [2.05, 4.69) is 37.0 Å². The van der Waals surface area contributed by atoms with E-state index in [0.717, 1.165) is 31.7 Å². The Hall–Kier alpha value is -1.81. The van der Waals surface area contributed by atoms with Gasteiger partial charge in [-0.3, -0.25) is 9.69 Å². The van der Waals surface area contributed by atoms with Crippen LogP contribution in [0.2, 0.25) is 0 Å². The molecular weight excluding hydrogens is 290 g/mol. The van der Waals surface area contributed by atoms with Gasteiger partial charge in [-0.25, -0.2) is 0 Å². The van der Waals surface area contributed by atoms with Crippen LogP contribution in [0.4, 0.5) is 0 Å². The predicted molar refractivity (Wildman–Crippen MR) is 90.6 cm³/mol. The number of likely N-dealkylation sites (tertiary alicyclic amines) is 1. The Morgan fingerprint density at radius 3 is 2.87 bits per heavy atom. The van der Waals surface area contributed by atoms with Crippen LogP contribution in [0.15, 0.2) is 23.8 Å². The lowest BCUT2D eigenvalue weighted by molar-refractivity contribution is -0.147. The van der Waals surface area contributed by atoms with Crippen LogP contribution in [0, 0.1) is 11.8 Å². The summed E-state index contributed by atoms with van der Waals surface area (Å²) < 4.78 is 5.72. The first-order chi connectivity index (χ1) is 11.1. The molecule has 1 aromatic rings. The first-order valence-electron chi connectivity index (χ1n) is 8.48. The Morgan fingerprint density at radius 2 is 2.17 bits per heavy atom. The molecule has 1 heterocycles. The van der Waals surface area contributed by atoms with Crippen molar-refractivity contribution in [2.75, 3.05) is 26.2 Å². The van der Waals surface area contributed by atoms with Crippen molar-refractivity contribution in [3.8, 4) is 5.75 Å². The molecule has 1 aromatic carbocycles. The van der Waals surface area contributed by atoms with Crippen LogP contribution >= 0.6 is 0 Å². The third-order valence-electron chi connectivity index (χ3n) is 4.80. The van der Waals surface area contributed by atoms with Gasteiger partial charge >= 0.3 is 5.97 Å². The van der Waals surface area contributed by atoms with Gasteiger partial charge in [-0.2, -0.15) is 0 Å². The molecule has 0 bridgehead atoms. The van der Waals surface area contributed by atoms with Crippen molar-refractivity contribution >= 4 is 12.0 Å². The Balaban J connectivity index is 1.67. The zero-order valence-electron chi connectivity index (χ0n) is 13.9. The fourth-order valence-corrected chi connectivity index (χ4v) is 3.33. The van der Waals surface area contributed by atoms with E-state index in [0.29, 0.717) is 19.0 Å². The third kappa shape index (κ3) is 3.58. The summed E-state index contributed by atoms with van der Waals surface area (Å²) in [4.78, 5) is 13.1. The molecule has 124 valence electrons. The number of hydrogen-bond acceptors (Lipinski definition) is 3. The van der Waals surface area contributed by atoms with Gasteiger partial charge in [0.05, 0.1) is 12.5 Å². The fourth-order valence-electron chi connectivity index (χ4n) is 3.33. The largest absolute Gasteiger partial charge is 0.494 e. The Labute approximate surface area is 137 Å². The standard InChI is InChI=1S/C19H25NO3/c1-3-6-23-18-5-4-14-8-16(13(2)7-15(14)9-18)10-20-11-17(12-20)19(21)22/h4-5,8-9,13,17H,3,6-7,10-12H2,1-2H3,(H,21,22)/t13-/m1/s1. The normalized spacial score (nSPS) is 21.3. The number of hydrogen-bond donors (Lipinski definition) is 1. The van der Waals surface area contributed by atoms with E-state index in [4.69, 9.17) is 9.84 Å². The smallest absolute Gasteiger partial charge is 0.309 e. The van der Waals surface area contributed by atoms with Gasteiger partial charge in [0.1, 0.15) is 5.75 Å². The molecule has 0 radical (unpaired) electrons. The van der Waals surface area contributed by atoms with Crippen LogP contribution in [-0.2, 0) is 11.2 Å². The van der Waals surface area contributed by atoms with Gasteiger partial charge in [0, 0.05) is 19.6 Å². The number of rotatable bonds is 6. The Bertz CT molecular complexity index is 617. The molecule has 0 amide bonds. The summed E-state index contributed by atoms with van der Waals surface area (Å²) in [5, 5.41) is 8.97. The quantitative estimate of drug-likeness (QED) is 0.876. The number of carboxylic acids is 1. The van der Waals surface area contributed by atoms with Gasteiger partial charge in [0.15, 0.2) is 0 Å². The minimum Gasteiger partial charge on any atom is -0.494 e. The third-order valence-corrected chi connectivity index (χ3v) is 4.80. The number of nitrogens with zero attached hydrogens (tertiary/aromatic N) is 1. The predicted octanol–water partition coefficient (Wildman–Crippen LogP) is 3.07. The molecule has 4 nitrogen and oxygen atoms in total. The highest BCUT2D eigenvalue weighted by Gasteiger charge is 2.33. The molecule has 1 atom stereocenters. The maximum atomic E-state index is 10.9. The van der Waals surface area contributed by atoms with Crippen molar-refractivity contribution < 1.29 is 14.6 Å². The maximum Gasteiger partial charge on any atom is 0.309 e. The molecule has 0 aromatic heterocycles. The van der Waals surface area contributed by atoms with E-state index in [1.54, 1.807) is 0 Å². The summed E-state index contributed by atoms with van der Waals surface area (Å²) >= 11 is 0. The van der Waals surface area contributed by atoms with E-state index in [-0.39, 0.29) is 5.92 Å². The van der Waals surface area contributed by atoms with E-state index >= 15 is 0 Å². The van der Waals surface area contributed by atoms with E-state index in [1.165, 1.54) is 16.7 Å². The summed E-state index contributed by atoms with van der Waals surface area (Å²) in [5.41, 5.74) is 4.03. The van der Waals surface area contributed by atoms with Crippen molar-refractivity contribution in [3.63, 3.8) is 0 Å². The van der Waals surface area contributed by atoms with Crippen LogP contribution in [0.5, 0.6) is 5.75 Å². The summed E-state index contributed by atoms with van der Waals surface area (Å²) in [6, 6.07) is 6.35. The van der Waals surface area contributed by atoms with Gasteiger partial charge < -0.3 is 9.84 Å². The Morgan fingerprint density at radius 1 is 1.39 bits per heavy atom. The van der Waals surface area contributed by atoms with Crippen molar-refractivity contribution in [1.29, 1.82) is 0 Å². The molecule has 0 spiro atoms. The molecule has 3 rings (SSSR count). The molecule has 23 heavy (non-hydrogen) atoms. The number of ether oxygens (including phenoxy) is 1. The van der Waals surface area contributed by atoms with Crippen LogP contribution in [0.1, 0.15) is 31.4 Å². The monoisotopic (exact) mass is 315 g/mol. The lowest BCUT2D eigenvalue weighted by atomic mass is 9.83. The van der Waals surface area contributed by atoms with Crippen molar-refractivity contribution in [2.45, 2.75) is 26.7 Å². The Kier molecular flexibility index (Phi) is 4.71. The SMILES string of the molecule is CCCOc1ccc2c(c1)C[C@@H](C)C(CN1CC(C(=O)O)C1)=C2. The highest BCUT2D eigenvalue weighted by atomic mass is 16.5. The lowest BCUT2D eigenvalue weighted by Crippen LogP contribution is -2.51. The number of benzene rings is 1. The zero-order chi connectivity index (χ0) is 16.4. The molecule has 0 saturated carbocycles. The van der Waals surface area contributed by atoms with Crippen molar-refractivity contribution in [1.82, 2.24) is 4.90 Å². The molecule has 4 heteroatoms. The summed E-state index contributed by atoms with van der Waals surface area (Å²) in [6.45, 7) is 7.36. The van der Waals surface area contributed by atoms with Gasteiger partial charge in [0.2, 0.25) is 0 Å². The molecular formula is C19H25NO3. The van der Waals surface area contributed by atoms with Crippen LogP contribution < -0.4 is 4.74 Å². The second kappa shape index (κ2) is 6.75. The lowest BCUT2D eigenvalue weighted by Gasteiger charge is -2.38.